The third-order valence-corrected chi connectivity index (χ3v) is 3.66. The molecule has 0 bridgehead atoms. The SMILES string of the molecule is Cl.O=C(CNCC1CCNCC1)c1nccs1. The molecule has 1 aromatic rings. The smallest absolute Gasteiger partial charge is 0.205 e. The van der Waals surface area contributed by atoms with Gasteiger partial charge in [-0.15, -0.1) is 23.7 Å². The van der Waals surface area contributed by atoms with E-state index in [1.54, 1.807) is 6.20 Å². The van der Waals surface area contributed by atoms with Crippen LogP contribution in [0.15, 0.2) is 11.6 Å². The molecule has 1 fully saturated rings. The van der Waals surface area contributed by atoms with Crippen LogP contribution in [0.4, 0.5) is 0 Å². The van der Waals surface area contributed by atoms with Crippen molar-refractivity contribution in [1.29, 1.82) is 0 Å². The quantitative estimate of drug-likeness (QED) is 0.797. The number of carbonyl (C=O) groups excluding carboxylic acids is 1. The summed E-state index contributed by atoms with van der Waals surface area (Å²) in [6, 6.07) is 0. The van der Waals surface area contributed by atoms with Gasteiger partial charge in [-0.25, -0.2) is 4.98 Å². The fraction of sp³-hybridized carbons (Fsp3) is 0.636. The predicted octanol–water partition coefficient (Wildman–Crippen LogP) is 1.34. The first-order chi connectivity index (χ1) is 7.86. The molecule has 17 heavy (non-hydrogen) atoms. The Hall–Kier alpha value is -0.490. The summed E-state index contributed by atoms with van der Waals surface area (Å²) in [6.45, 7) is 3.57. The van der Waals surface area contributed by atoms with E-state index in [1.807, 2.05) is 5.38 Å². The van der Waals surface area contributed by atoms with Crippen LogP contribution in [0.3, 0.4) is 0 Å². The number of nitrogens with one attached hydrogen (secondary N) is 2. The van der Waals surface area contributed by atoms with E-state index in [4.69, 9.17) is 0 Å². The number of aromatic nitrogens is 1. The summed E-state index contributed by atoms with van der Waals surface area (Å²) in [7, 11) is 0. The summed E-state index contributed by atoms with van der Waals surface area (Å²) in [4.78, 5) is 15.6. The normalized spacial score (nSPS) is 16.5. The number of carbonyl (C=O) groups is 1. The Labute approximate surface area is 112 Å². The first-order valence-corrected chi connectivity index (χ1v) is 6.58. The van der Waals surface area contributed by atoms with Crippen molar-refractivity contribution in [2.24, 2.45) is 5.92 Å². The molecule has 96 valence electrons. The molecule has 0 spiro atoms. The summed E-state index contributed by atoms with van der Waals surface area (Å²) in [6.07, 6.45) is 4.08. The van der Waals surface area contributed by atoms with Crippen LogP contribution in [-0.2, 0) is 0 Å². The Morgan fingerprint density at radius 2 is 2.29 bits per heavy atom. The molecule has 4 nitrogen and oxygen atoms in total. The molecule has 2 heterocycles. The highest BCUT2D eigenvalue weighted by Crippen LogP contribution is 2.10. The lowest BCUT2D eigenvalue weighted by Crippen LogP contribution is -2.35. The Kier molecular flexibility index (Phi) is 6.65. The zero-order valence-electron chi connectivity index (χ0n) is 9.65. The summed E-state index contributed by atoms with van der Waals surface area (Å²) < 4.78 is 0. The Morgan fingerprint density at radius 3 is 2.94 bits per heavy atom. The molecule has 0 saturated carbocycles. The lowest BCUT2D eigenvalue weighted by molar-refractivity contribution is 0.0989. The Balaban J connectivity index is 0.00000144. The molecule has 1 aliphatic rings. The van der Waals surface area contributed by atoms with Crippen molar-refractivity contribution >= 4 is 29.5 Å². The maximum absolute atomic E-state index is 11.6. The van der Waals surface area contributed by atoms with Crippen LogP contribution in [0, 0.1) is 5.92 Å². The maximum Gasteiger partial charge on any atom is 0.205 e. The van der Waals surface area contributed by atoms with E-state index in [2.05, 4.69) is 15.6 Å². The molecule has 2 rings (SSSR count). The van der Waals surface area contributed by atoms with Crippen LogP contribution >= 0.6 is 23.7 Å². The van der Waals surface area contributed by atoms with Gasteiger partial charge in [-0.05, 0) is 38.4 Å². The molecular formula is C11H18ClN3OS. The molecule has 2 N–H and O–H groups in total. The van der Waals surface area contributed by atoms with Crippen molar-refractivity contribution in [3.8, 4) is 0 Å². The molecule has 1 aromatic heterocycles. The zero-order valence-corrected chi connectivity index (χ0v) is 11.3. The highest BCUT2D eigenvalue weighted by atomic mass is 35.5. The lowest BCUT2D eigenvalue weighted by atomic mass is 9.98. The third kappa shape index (κ3) is 4.71. The number of rotatable bonds is 5. The van der Waals surface area contributed by atoms with E-state index >= 15 is 0 Å². The van der Waals surface area contributed by atoms with Gasteiger partial charge in [-0.3, -0.25) is 4.79 Å². The van der Waals surface area contributed by atoms with Crippen molar-refractivity contribution in [2.75, 3.05) is 26.2 Å². The molecular weight excluding hydrogens is 258 g/mol. The van der Waals surface area contributed by atoms with Gasteiger partial charge in [0.25, 0.3) is 0 Å². The number of Topliss-reactive ketones (excluding diaryl/α,β-unsaturated/α-hetero) is 1. The van der Waals surface area contributed by atoms with Crippen molar-refractivity contribution in [2.45, 2.75) is 12.8 Å². The van der Waals surface area contributed by atoms with E-state index in [-0.39, 0.29) is 18.2 Å². The van der Waals surface area contributed by atoms with Gasteiger partial charge in [-0.2, -0.15) is 0 Å². The predicted molar refractivity (Wildman–Crippen MR) is 72.2 cm³/mol. The summed E-state index contributed by atoms with van der Waals surface area (Å²) in [5.41, 5.74) is 0. The third-order valence-electron chi connectivity index (χ3n) is 2.85. The van der Waals surface area contributed by atoms with Crippen LogP contribution in [0.2, 0.25) is 0 Å². The van der Waals surface area contributed by atoms with Gasteiger partial charge in [0.05, 0.1) is 6.54 Å². The number of nitrogens with zero attached hydrogens (tertiary/aromatic N) is 1. The molecule has 0 radical (unpaired) electrons. The van der Waals surface area contributed by atoms with Crippen LogP contribution in [0.25, 0.3) is 0 Å². The number of hydrogen-bond acceptors (Lipinski definition) is 5. The van der Waals surface area contributed by atoms with Gasteiger partial charge in [0.2, 0.25) is 5.78 Å². The summed E-state index contributed by atoms with van der Waals surface area (Å²) >= 11 is 1.41. The highest BCUT2D eigenvalue weighted by molar-refractivity contribution is 7.11. The van der Waals surface area contributed by atoms with Crippen LogP contribution < -0.4 is 10.6 Å². The van der Waals surface area contributed by atoms with Crippen molar-refractivity contribution in [3.63, 3.8) is 0 Å². The molecule has 0 aromatic carbocycles. The first kappa shape index (κ1) is 14.6. The number of hydrogen-bond donors (Lipinski definition) is 2. The Morgan fingerprint density at radius 1 is 1.53 bits per heavy atom. The van der Waals surface area contributed by atoms with Gasteiger partial charge < -0.3 is 10.6 Å². The minimum absolute atomic E-state index is 0. The lowest BCUT2D eigenvalue weighted by Gasteiger charge is -2.22. The summed E-state index contributed by atoms with van der Waals surface area (Å²) in [5.74, 6) is 0.814. The standard InChI is InChI=1S/C11H17N3OS.ClH/c15-10(11-14-5-6-16-11)8-13-7-9-1-3-12-4-2-9;/h5-6,9,12-13H,1-4,7-8H2;1H. The average Bonchev–Trinajstić information content (AvgIpc) is 2.84. The van der Waals surface area contributed by atoms with E-state index in [0.29, 0.717) is 17.5 Å². The first-order valence-electron chi connectivity index (χ1n) is 5.70. The highest BCUT2D eigenvalue weighted by Gasteiger charge is 2.13. The second-order valence-corrected chi connectivity index (χ2v) is 4.98. The Bertz CT molecular complexity index is 325. The average molecular weight is 276 g/mol. The van der Waals surface area contributed by atoms with Gasteiger partial charge >= 0.3 is 0 Å². The number of ketones is 1. The minimum Gasteiger partial charge on any atom is -0.317 e. The topological polar surface area (TPSA) is 54.0 Å². The largest absolute Gasteiger partial charge is 0.317 e. The van der Waals surface area contributed by atoms with Crippen molar-refractivity contribution in [1.82, 2.24) is 15.6 Å². The fourth-order valence-corrected chi connectivity index (χ4v) is 2.49. The molecule has 0 amide bonds. The molecule has 6 heteroatoms. The molecule has 1 aliphatic heterocycles. The van der Waals surface area contributed by atoms with Crippen molar-refractivity contribution < 1.29 is 4.79 Å². The zero-order chi connectivity index (χ0) is 11.2. The molecule has 0 atom stereocenters. The van der Waals surface area contributed by atoms with E-state index in [1.165, 1.54) is 24.2 Å². The summed E-state index contributed by atoms with van der Waals surface area (Å²) in [5, 5.41) is 9.01. The van der Waals surface area contributed by atoms with Gasteiger partial charge in [-0.1, -0.05) is 0 Å². The molecule has 1 saturated heterocycles. The number of piperidine rings is 1. The monoisotopic (exact) mass is 275 g/mol. The number of thiazole rings is 1. The second-order valence-electron chi connectivity index (χ2n) is 4.08. The second kappa shape index (κ2) is 7.76. The molecule has 0 aliphatic carbocycles. The van der Waals surface area contributed by atoms with E-state index < -0.39 is 0 Å². The van der Waals surface area contributed by atoms with E-state index in [0.717, 1.165) is 19.6 Å². The fourth-order valence-electron chi connectivity index (χ4n) is 1.91. The number of halogens is 1. The van der Waals surface area contributed by atoms with Crippen molar-refractivity contribution in [3.05, 3.63) is 16.6 Å². The van der Waals surface area contributed by atoms with Crippen LogP contribution in [0.5, 0.6) is 0 Å². The van der Waals surface area contributed by atoms with Gasteiger partial charge in [0, 0.05) is 11.6 Å². The van der Waals surface area contributed by atoms with Crippen LogP contribution in [-0.4, -0.2) is 36.9 Å². The maximum atomic E-state index is 11.6. The molecule has 0 unspecified atom stereocenters. The van der Waals surface area contributed by atoms with E-state index in [9.17, 15) is 4.79 Å². The van der Waals surface area contributed by atoms with Crippen LogP contribution in [0.1, 0.15) is 22.6 Å². The van der Waals surface area contributed by atoms with Gasteiger partial charge in [0.1, 0.15) is 0 Å². The minimum atomic E-state index is 0. The van der Waals surface area contributed by atoms with Gasteiger partial charge in [0.15, 0.2) is 5.01 Å².